The summed E-state index contributed by atoms with van der Waals surface area (Å²) in [7, 11) is 0. The number of anilines is 2. The van der Waals surface area contributed by atoms with Gasteiger partial charge in [-0.25, -0.2) is 4.39 Å². The Hall–Kier alpha value is -2.03. The van der Waals surface area contributed by atoms with Gasteiger partial charge in [0.05, 0.1) is 12.3 Å². The van der Waals surface area contributed by atoms with Gasteiger partial charge in [-0.05, 0) is 42.9 Å². The van der Waals surface area contributed by atoms with Crippen LogP contribution in [0.2, 0.25) is 0 Å². The zero-order valence-electron chi connectivity index (χ0n) is 17.2. The molecule has 1 aromatic rings. The molecule has 0 radical (unpaired) electrons. The number of ether oxygens (including phenoxy) is 1. The van der Waals surface area contributed by atoms with E-state index in [4.69, 9.17) is 10.5 Å². The number of morpholine rings is 1. The van der Waals surface area contributed by atoms with Gasteiger partial charge in [-0.2, -0.15) is 0 Å². The van der Waals surface area contributed by atoms with Gasteiger partial charge in [-0.1, -0.05) is 13.8 Å². The van der Waals surface area contributed by atoms with Gasteiger partial charge >= 0.3 is 0 Å². The smallest absolute Gasteiger partial charge is 0.253 e. The lowest BCUT2D eigenvalue weighted by atomic mass is 10.1. The second kappa shape index (κ2) is 9.65. The lowest BCUT2D eigenvalue weighted by molar-refractivity contribution is -0.125. The lowest BCUT2D eigenvalue weighted by Gasteiger charge is -2.31. The molecule has 0 unspecified atom stereocenters. The Labute approximate surface area is 171 Å². The van der Waals surface area contributed by atoms with Gasteiger partial charge in [0.2, 0.25) is 5.91 Å². The van der Waals surface area contributed by atoms with Gasteiger partial charge < -0.3 is 20.7 Å². The summed E-state index contributed by atoms with van der Waals surface area (Å²) in [6.07, 6.45) is 2.39. The summed E-state index contributed by atoms with van der Waals surface area (Å²) in [5, 5.41) is 2.79. The van der Waals surface area contributed by atoms with Crippen LogP contribution in [0.3, 0.4) is 0 Å². The van der Waals surface area contributed by atoms with Crippen LogP contribution in [-0.2, 0) is 14.3 Å². The monoisotopic (exact) mass is 406 g/mol. The van der Waals surface area contributed by atoms with Crippen LogP contribution >= 0.6 is 0 Å². The topological polar surface area (TPSA) is 87.9 Å². The highest BCUT2D eigenvalue weighted by molar-refractivity contribution is 5.97. The standard InChI is InChI=1S/C21H31FN4O3/c1-14(2)11-25(12-15-3-4-15)19(10-23)21(28)24-16-5-6-18(17(22)9-16)26-7-8-29-13-20(26)27/h5-6,9,14-15,19H,3-4,7-8,10-13,23H2,1-2H3,(H,24,28)/t19-/m1/s1. The van der Waals surface area contributed by atoms with Crippen LogP contribution < -0.4 is 16.0 Å². The molecule has 0 spiro atoms. The Kier molecular flexibility index (Phi) is 7.21. The van der Waals surface area contributed by atoms with E-state index in [9.17, 15) is 14.0 Å². The number of nitrogens with two attached hydrogens (primary N) is 1. The van der Waals surface area contributed by atoms with Crippen molar-refractivity contribution in [1.82, 2.24) is 4.90 Å². The first-order valence-electron chi connectivity index (χ1n) is 10.3. The first-order chi connectivity index (χ1) is 13.9. The van der Waals surface area contributed by atoms with Crippen molar-refractivity contribution in [3.63, 3.8) is 0 Å². The largest absolute Gasteiger partial charge is 0.370 e. The Morgan fingerprint density at radius 2 is 2.17 bits per heavy atom. The van der Waals surface area contributed by atoms with E-state index in [0.29, 0.717) is 30.7 Å². The molecule has 2 fully saturated rings. The minimum absolute atomic E-state index is 0.0528. The Morgan fingerprint density at radius 3 is 2.76 bits per heavy atom. The van der Waals surface area contributed by atoms with E-state index in [2.05, 4.69) is 24.1 Å². The fourth-order valence-electron chi connectivity index (χ4n) is 3.65. The predicted octanol–water partition coefficient (Wildman–Crippen LogP) is 1.82. The van der Waals surface area contributed by atoms with Crippen LogP contribution in [0.25, 0.3) is 0 Å². The van der Waals surface area contributed by atoms with E-state index >= 15 is 0 Å². The number of rotatable bonds is 9. The molecule has 2 amide bonds. The molecule has 1 saturated carbocycles. The van der Waals surface area contributed by atoms with E-state index in [-0.39, 0.29) is 30.7 Å². The van der Waals surface area contributed by atoms with Crippen LogP contribution in [0.1, 0.15) is 26.7 Å². The molecular weight excluding hydrogens is 375 g/mol. The van der Waals surface area contributed by atoms with Crippen LogP contribution in [0.4, 0.5) is 15.8 Å². The first-order valence-corrected chi connectivity index (χ1v) is 10.3. The second-order valence-electron chi connectivity index (χ2n) is 8.30. The molecule has 1 atom stereocenters. The average Bonchev–Trinajstić information content (AvgIpc) is 3.47. The van der Waals surface area contributed by atoms with Gasteiger partial charge in [-0.3, -0.25) is 14.5 Å². The fraction of sp³-hybridized carbons (Fsp3) is 0.619. The lowest BCUT2D eigenvalue weighted by Crippen LogP contribution is -2.50. The zero-order valence-corrected chi connectivity index (χ0v) is 17.2. The number of amides is 2. The van der Waals surface area contributed by atoms with Crippen LogP contribution in [0, 0.1) is 17.7 Å². The highest BCUT2D eigenvalue weighted by Crippen LogP contribution is 2.31. The minimum Gasteiger partial charge on any atom is -0.370 e. The summed E-state index contributed by atoms with van der Waals surface area (Å²) in [6, 6.07) is 3.92. The summed E-state index contributed by atoms with van der Waals surface area (Å²) in [4.78, 5) is 28.3. The molecule has 1 aromatic carbocycles. The molecule has 1 heterocycles. The van der Waals surface area contributed by atoms with E-state index in [0.717, 1.165) is 13.1 Å². The highest BCUT2D eigenvalue weighted by Gasteiger charge is 2.31. The van der Waals surface area contributed by atoms with Crippen molar-refractivity contribution in [2.24, 2.45) is 17.6 Å². The number of carbonyl (C=O) groups is 2. The number of benzene rings is 1. The van der Waals surface area contributed by atoms with E-state index in [1.807, 2.05) is 0 Å². The van der Waals surface area contributed by atoms with Crippen molar-refractivity contribution < 1.29 is 18.7 Å². The Bertz CT molecular complexity index is 735. The average molecular weight is 407 g/mol. The fourth-order valence-corrected chi connectivity index (χ4v) is 3.65. The summed E-state index contributed by atoms with van der Waals surface area (Å²) in [5.74, 6) is -0.0147. The van der Waals surface area contributed by atoms with Crippen molar-refractivity contribution in [2.75, 3.05) is 49.6 Å². The third-order valence-electron chi connectivity index (χ3n) is 5.25. The summed E-state index contributed by atoms with van der Waals surface area (Å²) < 4.78 is 19.7. The first kappa shape index (κ1) is 21.7. The molecule has 1 saturated heterocycles. The Morgan fingerprint density at radius 1 is 1.41 bits per heavy atom. The molecule has 0 aromatic heterocycles. The molecule has 7 nitrogen and oxygen atoms in total. The van der Waals surface area contributed by atoms with Gasteiger partial charge in [0, 0.05) is 31.9 Å². The molecule has 1 aliphatic carbocycles. The van der Waals surface area contributed by atoms with Gasteiger partial charge in [0.25, 0.3) is 5.91 Å². The number of carbonyl (C=O) groups excluding carboxylic acids is 2. The third kappa shape index (κ3) is 5.74. The molecule has 8 heteroatoms. The number of hydrogen-bond acceptors (Lipinski definition) is 5. The molecular formula is C21H31FN4O3. The van der Waals surface area contributed by atoms with Crippen LogP contribution in [0.15, 0.2) is 18.2 Å². The summed E-state index contributed by atoms with van der Waals surface area (Å²) >= 11 is 0. The summed E-state index contributed by atoms with van der Waals surface area (Å²) in [6.45, 7) is 6.71. The molecule has 3 N–H and O–H groups in total. The predicted molar refractivity (Wildman–Crippen MR) is 110 cm³/mol. The summed E-state index contributed by atoms with van der Waals surface area (Å²) in [5.41, 5.74) is 6.48. The van der Waals surface area contributed by atoms with Crippen molar-refractivity contribution in [2.45, 2.75) is 32.7 Å². The molecule has 3 rings (SSSR count). The maximum atomic E-state index is 14.6. The minimum atomic E-state index is -0.556. The third-order valence-corrected chi connectivity index (χ3v) is 5.25. The number of halogens is 1. The highest BCUT2D eigenvalue weighted by atomic mass is 19.1. The van der Waals surface area contributed by atoms with Crippen LogP contribution in [-0.4, -0.2) is 62.1 Å². The van der Waals surface area contributed by atoms with Gasteiger partial charge in [0.15, 0.2) is 0 Å². The van der Waals surface area contributed by atoms with Gasteiger partial charge in [-0.15, -0.1) is 0 Å². The van der Waals surface area contributed by atoms with Crippen molar-refractivity contribution in [3.05, 3.63) is 24.0 Å². The van der Waals surface area contributed by atoms with E-state index in [1.165, 1.54) is 29.9 Å². The molecule has 0 bridgehead atoms. The van der Waals surface area contributed by atoms with Gasteiger partial charge in [0.1, 0.15) is 18.5 Å². The maximum Gasteiger partial charge on any atom is 0.253 e. The molecule has 2 aliphatic rings. The van der Waals surface area contributed by atoms with Crippen molar-refractivity contribution in [3.8, 4) is 0 Å². The normalized spacial score (nSPS) is 18.4. The maximum absolute atomic E-state index is 14.6. The quantitative estimate of drug-likeness (QED) is 0.653. The molecule has 29 heavy (non-hydrogen) atoms. The van der Waals surface area contributed by atoms with E-state index in [1.54, 1.807) is 6.07 Å². The SMILES string of the molecule is CC(C)CN(CC1CC1)[C@H](CN)C(=O)Nc1ccc(N2CCOCC2=O)c(F)c1. The number of hydrogen-bond donors (Lipinski definition) is 2. The zero-order chi connectivity index (χ0) is 21.0. The number of nitrogens with one attached hydrogen (secondary N) is 1. The van der Waals surface area contributed by atoms with E-state index < -0.39 is 11.9 Å². The van der Waals surface area contributed by atoms with Crippen molar-refractivity contribution in [1.29, 1.82) is 0 Å². The van der Waals surface area contributed by atoms with Crippen molar-refractivity contribution >= 4 is 23.2 Å². The number of nitrogens with zero attached hydrogens (tertiary/aromatic N) is 2. The van der Waals surface area contributed by atoms with Crippen LogP contribution in [0.5, 0.6) is 0 Å². The molecule has 1 aliphatic heterocycles. The Balaban J connectivity index is 1.69. The molecule has 160 valence electrons. The second-order valence-corrected chi connectivity index (χ2v) is 8.30.